The number of Topliss-reactive ketones (excluding diaryl/α,β-unsaturated/α-hetero) is 1. The summed E-state index contributed by atoms with van der Waals surface area (Å²) in [6.07, 6.45) is 0.452. The number of fused-ring (bicyclic) bond motifs is 1. The van der Waals surface area contributed by atoms with Crippen molar-refractivity contribution in [1.82, 2.24) is 16.0 Å². The molecular formula is C24H25FN4O3. The number of nitriles is 1. The summed E-state index contributed by atoms with van der Waals surface area (Å²) in [7, 11) is 0. The van der Waals surface area contributed by atoms with Crippen molar-refractivity contribution in [3.8, 4) is 17.2 Å². The lowest BCUT2D eigenvalue weighted by Gasteiger charge is -2.16. The lowest BCUT2D eigenvalue weighted by atomic mass is 9.97. The smallest absolute Gasteiger partial charge is 0.251 e. The fourth-order valence-electron chi connectivity index (χ4n) is 3.93. The number of rotatable bonds is 7. The third-order valence-corrected chi connectivity index (χ3v) is 5.79. The van der Waals surface area contributed by atoms with Crippen molar-refractivity contribution >= 4 is 11.7 Å². The van der Waals surface area contributed by atoms with Crippen LogP contribution in [0.25, 0.3) is 11.1 Å². The van der Waals surface area contributed by atoms with Crippen molar-refractivity contribution in [2.75, 3.05) is 26.2 Å². The highest BCUT2D eigenvalue weighted by atomic mass is 19.1. The van der Waals surface area contributed by atoms with Crippen molar-refractivity contribution in [3.05, 3.63) is 58.9 Å². The molecule has 2 atom stereocenters. The Balaban J connectivity index is 1.39. The van der Waals surface area contributed by atoms with Crippen LogP contribution < -0.4 is 16.0 Å². The zero-order valence-corrected chi connectivity index (χ0v) is 17.6. The molecule has 166 valence electrons. The monoisotopic (exact) mass is 436 g/mol. The molecule has 2 aromatic rings. The molecule has 1 saturated heterocycles. The molecule has 0 bridgehead atoms. The molecule has 4 rings (SSSR count). The van der Waals surface area contributed by atoms with Gasteiger partial charge in [0.15, 0.2) is 5.78 Å². The van der Waals surface area contributed by atoms with Crippen LogP contribution >= 0.6 is 0 Å². The Kier molecular flexibility index (Phi) is 6.90. The Hall–Kier alpha value is -3.12. The second kappa shape index (κ2) is 10.0. The van der Waals surface area contributed by atoms with E-state index in [-0.39, 0.29) is 24.7 Å². The van der Waals surface area contributed by atoms with Gasteiger partial charge in [-0.2, -0.15) is 5.26 Å². The van der Waals surface area contributed by atoms with Crippen LogP contribution in [-0.2, 0) is 22.5 Å². The summed E-state index contributed by atoms with van der Waals surface area (Å²) >= 11 is 0. The van der Waals surface area contributed by atoms with Gasteiger partial charge in [0.25, 0.3) is 5.91 Å². The molecule has 0 saturated carbocycles. The fourth-order valence-corrected chi connectivity index (χ4v) is 3.93. The highest BCUT2D eigenvalue weighted by molar-refractivity contribution is 5.99. The second-order valence-electron chi connectivity index (χ2n) is 8.01. The van der Waals surface area contributed by atoms with E-state index in [0.717, 1.165) is 24.1 Å². The summed E-state index contributed by atoms with van der Waals surface area (Å²) in [5.74, 6) is -0.685. The van der Waals surface area contributed by atoms with Gasteiger partial charge in [0, 0.05) is 31.7 Å². The molecule has 7 nitrogen and oxygen atoms in total. The van der Waals surface area contributed by atoms with Gasteiger partial charge in [0.2, 0.25) is 0 Å². The normalized spacial score (nSPS) is 18.9. The van der Waals surface area contributed by atoms with Crippen LogP contribution in [-0.4, -0.2) is 50.1 Å². The largest absolute Gasteiger partial charge is 0.369 e. The van der Waals surface area contributed by atoms with Crippen molar-refractivity contribution < 1.29 is 18.7 Å². The minimum Gasteiger partial charge on any atom is -0.369 e. The lowest BCUT2D eigenvalue weighted by molar-refractivity contribution is -0.128. The number of hydrogen-bond acceptors (Lipinski definition) is 6. The molecule has 0 aliphatic carbocycles. The lowest BCUT2D eigenvalue weighted by Crippen LogP contribution is -2.42. The number of nitrogens with zero attached hydrogens (tertiary/aromatic N) is 1. The molecule has 2 aliphatic rings. The highest BCUT2D eigenvalue weighted by Gasteiger charge is 2.22. The number of benzene rings is 2. The van der Waals surface area contributed by atoms with Gasteiger partial charge in [-0.05, 0) is 47.4 Å². The maximum atomic E-state index is 14.8. The van der Waals surface area contributed by atoms with Crippen LogP contribution in [0.2, 0.25) is 0 Å². The van der Waals surface area contributed by atoms with Crippen LogP contribution in [0.5, 0.6) is 0 Å². The first-order valence-electron chi connectivity index (χ1n) is 10.7. The topological polar surface area (TPSA) is 103 Å². The molecule has 8 heteroatoms. The predicted octanol–water partition coefficient (Wildman–Crippen LogP) is 1.71. The van der Waals surface area contributed by atoms with Crippen molar-refractivity contribution in [2.45, 2.75) is 31.5 Å². The standard InChI is InChI=1S/C24H25FN4O3/c25-21-10-16(15-3-5-18-12-29-24(31)20(18)9-15)2-4-17(21)8-19(11-26)28-13-22(30)23-14-27-6-1-7-32-23/h2-5,9-10,19,23,27-28H,1,6-8,12-14H2,(H,29,31)/t19-,23-/m0/s1. The minimum absolute atomic E-state index is 0.0124. The number of nitrogens with one attached hydrogen (secondary N) is 3. The first-order valence-corrected chi connectivity index (χ1v) is 10.7. The summed E-state index contributed by atoms with van der Waals surface area (Å²) in [4.78, 5) is 24.3. The quantitative estimate of drug-likeness (QED) is 0.611. The van der Waals surface area contributed by atoms with Gasteiger partial charge in [-0.15, -0.1) is 0 Å². The Morgan fingerprint density at radius 2 is 2.09 bits per heavy atom. The molecule has 0 spiro atoms. The van der Waals surface area contributed by atoms with E-state index < -0.39 is 18.0 Å². The molecule has 0 radical (unpaired) electrons. The first kappa shape index (κ1) is 22.1. The number of carbonyl (C=O) groups excluding carboxylic acids is 2. The van der Waals surface area contributed by atoms with Gasteiger partial charge in [-0.1, -0.05) is 24.3 Å². The van der Waals surface area contributed by atoms with Crippen LogP contribution in [0.1, 0.15) is 27.9 Å². The third-order valence-electron chi connectivity index (χ3n) is 5.79. The van der Waals surface area contributed by atoms with Crippen LogP contribution in [0.15, 0.2) is 36.4 Å². The molecule has 2 aliphatic heterocycles. The molecular weight excluding hydrogens is 411 g/mol. The van der Waals surface area contributed by atoms with E-state index in [1.165, 1.54) is 6.07 Å². The number of carbonyl (C=O) groups is 2. The number of ether oxygens (including phenoxy) is 1. The van der Waals surface area contributed by atoms with Crippen molar-refractivity contribution in [2.24, 2.45) is 0 Å². The molecule has 1 amide bonds. The van der Waals surface area contributed by atoms with Gasteiger partial charge in [-0.25, -0.2) is 4.39 Å². The minimum atomic E-state index is -0.707. The van der Waals surface area contributed by atoms with Gasteiger partial charge in [0.05, 0.1) is 18.7 Å². The van der Waals surface area contributed by atoms with E-state index >= 15 is 0 Å². The number of hydrogen-bond donors (Lipinski definition) is 3. The summed E-state index contributed by atoms with van der Waals surface area (Å²) in [6.45, 7) is 2.29. The summed E-state index contributed by atoms with van der Waals surface area (Å²) in [5, 5.41) is 18.3. The first-order chi connectivity index (χ1) is 15.5. The molecule has 0 unspecified atom stereocenters. The molecule has 2 heterocycles. The number of ketones is 1. The van der Waals surface area contributed by atoms with Gasteiger partial charge >= 0.3 is 0 Å². The predicted molar refractivity (Wildman–Crippen MR) is 116 cm³/mol. The molecule has 32 heavy (non-hydrogen) atoms. The second-order valence-corrected chi connectivity index (χ2v) is 8.01. The molecule has 1 fully saturated rings. The average molecular weight is 436 g/mol. The Bertz CT molecular complexity index is 1060. The van der Waals surface area contributed by atoms with Crippen LogP contribution in [0.3, 0.4) is 0 Å². The molecule has 2 aromatic carbocycles. The molecule has 3 N–H and O–H groups in total. The summed E-state index contributed by atoms with van der Waals surface area (Å²) in [6, 6.07) is 11.7. The van der Waals surface area contributed by atoms with Crippen LogP contribution in [0.4, 0.5) is 4.39 Å². The maximum absolute atomic E-state index is 14.8. The van der Waals surface area contributed by atoms with Crippen LogP contribution in [0, 0.1) is 17.1 Å². The maximum Gasteiger partial charge on any atom is 0.251 e. The fraction of sp³-hybridized carbons (Fsp3) is 0.375. The highest BCUT2D eigenvalue weighted by Crippen LogP contribution is 2.27. The van der Waals surface area contributed by atoms with E-state index in [4.69, 9.17) is 4.74 Å². The summed E-state index contributed by atoms with van der Waals surface area (Å²) < 4.78 is 20.3. The van der Waals surface area contributed by atoms with Gasteiger partial charge in [-0.3, -0.25) is 14.9 Å². The summed E-state index contributed by atoms with van der Waals surface area (Å²) in [5.41, 5.74) is 3.33. The van der Waals surface area contributed by atoms with Crippen molar-refractivity contribution in [3.63, 3.8) is 0 Å². The number of amides is 1. The third kappa shape index (κ3) is 5.02. The SMILES string of the molecule is N#C[C@H](Cc1ccc(-c2ccc3c(c2)C(=O)NC3)cc1F)NCC(=O)[C@@H]1CNCCCO1. The molecule has 0 aromatic heterocycles. The zero-order chi connectivity index (χ0) is 22.5. The van der Waals surface area contributed by atoms with Crippen molar-refractivity contribution in [1.29, 1.82) is 5.26 Å². The number of halogens is 1. The Morgan fingerprint density at radius 3 is 2.91 bits per heavy atom. The zero-order valence-electron chi connectivity index (χ0n) is 17.6. The van der Waals surface area contributed by atoms with E-state index in [2.05, 4.69) is 22.0 Å². The van der Waals surface area contributed by atoms with E-state index in [1.807, 2.05) is 12.1 Å². The average Bonchev–Trinajstić information content (AvgIpc) is 3.00. The van der Waals surface area contributed by atoms with E-state index in [0.29, 0.717) is 36.4 Å². The van der Waals surface area contributed by atoms with E-state index in [1.54, 1.807) is 18.2 Å². The Morgan fingerprint density at radius 1 is 1.28 bits per heavy atom. The van der Waals surface area contributed by atoms with E-state index in [9.17, 15) is 19.2 Å². The van der Waals surface area contributed by atoms with Gasteiger partial charge in [0.1, 0.15) is 11.9 Å². The Labute approximate surface area is 186 Å². The van der Waals surface area contributed by atoms with Gasteiger partial charge < -0.3 is 15.4 Å².